The average Bonchev–Trinajstić information content (AvgIpc) is 2.19. The Morgan fingerprint density at radius 3 is 2.69 bits per heavy atom. The summed E-state index contributed by atoms with van der Waals surface area (Å²) in [5, 5.41) is 3.28. The Morgan fingerprint density at radius 1 is 1.38 bits per heavy atom. The van der Waals surface area contributed by atoms with Crippen molar-refractivity contribution in [1.82, 2.24) is 0 Å². The summed E-state index contributed by atoms with van der Waals surface area (Å²) in [7, 11) is 0. The molecule has 0 aliphatic heterocycles. The molecule has 0 aliphatic rings. The van der Waals surface area contributed by atoms with Crippen LogP contribution in [0.3, 0.4) is 0 Å². The first-order valence-electron chi connectivity index (χ1n) is 4.04. The van der Waals surface area contributed by atoms with Gasteiger partial charge in [0.2, 0.25) is 0 Å². The fourth-order valence-corrected chi connectivity index (χ4v) is 1.04. The topological polar surface area (TPSA) is 48.8 Å². The molecule has 1 rings (SSSR count). The molecule has 4 heteroatoms. The second-order valence-electron chi connectivity index (χ2n) is 2.62. The molecule has 0 fully saturated rings. The molecule has 0 saturated heterocycles. The molecule has 0 N–H and O–H groups in total. The summed E-state index contributed by atoms with van der Waals surface area (Å²) in [6, 6.07) is 8.86. The summed E-state index contributed by atoms with van der Waals surface area (Å²) >= 11 is 0. The lowest BCUT2D eigenvalue weighted by atomic mass is 10.1. The van der Waals surface area contributed by atoms with Gasteiger partial charge in [-0.2, -0.15) is 0 Å². The highest BCUT2D eigenvalue weighted by atomic mass is 19.1. The van der Waals surface area contributed by atoms with Crippen molar-refractivity contribution in [2.75, 3.05) is 6.54 Å². The molecule has 0 heterocycles. The summed E-state index contributed by atoms with van der Waals surface area (Å²) in [6.07, 6.45) is -0.791. The van der Waals surface area contributed by atoms with Crippen molar-refractivity contribution in [3.63, 3.8) is 0 Å². The minimum absolute atomic E-state index is 0.201. The minimum atomic E-state index is -1.04. The maximum atomic E-state index is 13.3. The van der Waals surface area contributed by atoms with Crippen molar-refractivity contribution >= 4 is 0 Å². The number of hydrogen-bond donors (Lipinski definition) is 0. The van der Waals surface area contributed by atoms with Gasteiger partial charge < -0.3 is 0 Å². The van der Waals surface area contributed by atoms with Gasteiger partial charge >= 0.3 is 0 Å². The molecule has 1 atom stereocenters. The van der Waals surface area contributed by atoms with Gasteiger partial charge in [-0.1, -0.05) is 35.4 Å². The third kappa shape index (κ3) is 3.13. The summed E-state index contributed by atoms with van der Waals surface area (Å²) in [5.41, 5.74) is 8.62. The molecule has 1 unspecified atom stereocenters. The lowest BCUT2D eigenvalue weighted by Crippen LogP contribution is -1.93. The van der Waals surface area contributed by atoms with Crippen molar-refractivity contribution < 1.29 is 4.39 Å². The lowest BCUT2D eigenvalue weighted by Gasteiger charge is -2.05. The minimum Gasteiger partial charge on any atom is -0.242 e. The number of halogens is 1. The van der Waals surface area contributed by atoms with E-state index < -0.39 is 6.17 Å². The molecule has 0 amide bonds. The highest BCUT2D eigenvalue weighted by Gasteiger charge is 2.06. The van der Waals surface area contributed by atoms with Gasteiger partial charge in [0, 0.05) is 11.5 Å². The van der Waals surface area contributed by atoms with Crippen LogP contribution in [0.5, 0.6) is 0 Å². The third-order valence-electron chi connectivity index (χ3n) is 1.71. The van der Waals surface area contributed by atoms with Gasteiger partial charge in [-0.3, -0.25) is 0 Å². The van der Waals surface area contributed by atoms with Crippen LogP contribution in [0.1, 0.15) is 18.2 Å². The second-order valence-corrected chi connectivity index (χ2v) is 2.62. The third-order valence-corrected chi connectivity index (χ3v) is 1.71. The van der Waals surface area contributed by atoms with E-state index in [-0.39, 0.29) is 13.0 Å². The Balaban J connectivity index is 2.48. The molecule has 0 aliphatic carbocycles. The Morgan fingerprint density at radius 2 is 2.08 bits per heavy atom. The standard InChI is InChI=1S/C9H10FN3/c10-9(6-7-12-13-11)8-4-2-1-3-5-8/h1-5,9H,6-7H2. The summed E-state index contributed by atoms with van der Waals surface area (Å²) in [4.78, 5) is 2.56. The molecule has 0 aromatic heterocycles. The van der Waals surface area contributed by atoms with E-state index in [1.54, 1.807) is 24.3 Å². The van der Waals surface area contributed by atoms with E-state index in [0.29, 0.717) is 5.56 Å². The molecule has 3 nitrogen and oxygen atoms in total. The number of hydrogen-bond acceptors (Lipinski definition) is 1. The van der Waals surface area contributed by atoms with E-state index in [9.17, 15) is 4.39 Å². The summed E-state index contributed by atoms with van der Waals surface area (Å²) in [6.45, 7) is 0.201. The predicted octanol–water partition coefficient (Wildman–Crippen LogP) is 3.40. The van der Waals surface area contributed by atoms with E-state index in [1.807, 2.05) is 6.07 Å². The van der Waals surface area contributed by atoms with Gasteiger partial charge in [0.15, 0.2) is 0 Å². The summed E-state index contributed by atoms with van der Waals surface area (Å²) in [5.74, 6) is 0. The zero-order valence-corrected chi connectivity index (χ0v) is 7.10. The van der Waals surface area contributed by atoms with E-state index in [4.69, 9.17) is 5.53 Å². The molecule has 0 radical (unpaired) electrons. The number of benzene rings is 1. The first-order valence-corrected chi connectivity index (χ1v) is 4.04. The van der Waals surface area contributed by atoms with Gasteiger partial charge in [-0.15, -0.1) is 0 Å². The highest BCUT2D eigenvalue weighted by molar-refractivity contribution is 5.17. The molecule has 0 saturated carbocycles. The van der Waals surface area contributed by atoms with Crippen LogP contribution in [-0.2, 0) is 0 Å². The van der Waals surface area contributed by atoms with Crippen LogP contribution in [0.2, 0.25) is 0 Å². The first-order chi connectivity index (χ1) is 6.34. The zero-order valence-electron chi connectivity index (χ0n) is 7.10. The van der Waals surface area contributed by atoms with Crippen molar-refractivity contribution in [2.24, 2.45) is 5.11 Å². The molecule has 1 aromatic rings. The van der Waals surface area contributed by atoms with E-state index in [1.165, 1.54) is 0 Å². The highest BCUT2D eigenvalue weighted by Crippen LogP contribution is 2.20. The predicted molar refractivity (Wildman–Crippen MR) is 48.9 cm³/mol. The number of rotatable bonds is 4. The van der Waals surface area contributed by atoms with E-state index >= 15 is 0 Å². The van der Waals surface area contributed by atoms with Gasteiger partial charge in [-0.25, -0.2) is 4.39 Å². The van der Waals surface area contributed by atoms with Crippen LogP contribution in [0.25, 0.3) is 10.4 Å². The normalized spacial score (nSPS) is 11.8. The lowest BCUT2D eigenvalue weighted by molar-refractivity contribution is 0.327. The van der Waals surface area contributed by atoms with Crippen LogP contribution < -0.4 is 0 Å². The maximum absolute atomic E-state index is 13.3. The first kappa shape index (κ1) is 9.55. The van der Waals surface area contributed by atoms with Crippen molar-refractivity contribution in [1.29, 1.82) is 0 Å². The monoisotopic (exact) mass is 179 g/mol. The Kier molecular flexibility index (Phi) is 3.79. The van der Waals surface area contributed by atoms with Crippen molar-refractivity contribution in [2.45, 2.75) is 12.6 Å². The van der Waals surface area contributed by atoms with Gasteiger partial charge in [-0.05, 0) is 17.5 Å². The fourth-order valence-electron chi connectivity index (χ4n) is 1.04. The van der Waals surface area contributed by atoms with E-state index in [0.717, 1.165) is 0 Å². The average molecular weight is 179 g/mol. The summed E-state index contributed by atoms with van der Waals surface area (Å²) < 4.78 is 13.3. The smallest absolute Gasteiger partial charge is 0.125 e. The zero-order chi connectivity index (χ0) is 9.52. The fraction of sp³-hybridized carbons (Fsp3) is 0.333. The van der Waals surface area contributed by atoms with Crippen LogP contribution in [0.4, 0.5) is 4.39 Å². The Hall–Kier alpha value is -1.54. The van der Waals surface area contributed by atoms with Crippen LogP contribution in [-0.4, -0.2) is 6.54 Å². The maximum Gasteiger partial charge on any atom is 0.125 e. The molecular weight excluding hydrogens is 169 g/mol. The Bertz CT molecular complexity index is 293. The SMILES string of the molecule is [N-]=[N+]=NCCC(F)c1ccccc1. The molecule has 13 heavy (non-hydrogen) atoms. The number of alkyl halides is 1. The van der Waals surface area contributed by atoms with Crippen molar-refractivity contribution in [3.05, 3.63) is 46.3 Å². The molecule has 0 bridgehead atoms. The van der Waals surface area contributed by atoms with Gasteiger partial charge in [0.05, 0.1) is 0 Å². The van der Waals surface area contributed by atoms with Gasteiger partial charge in [0.1, 0.15) is 6.17 Å². The van der Waals surface area contributed by atoms with Crippen LogP contribution >= 0.6 is 0 Å². The van der Waals surface area contributed by atoms with Crippen LogP contribution in [0.15, 0.2) is 35.4 Å². The molecule has 1 aromatic carbocycles. The largest absolute Gasteiger partial charge is 0.242 e. The quantitative estimate of drug-likeness (QED) is 0.386. The van der Waals surface area contributed by atoms with Gasteiger partial charge in [0.25, 0.3) is 0 Å². The second kappa shape index (κ2) is 5.17. The Labute approximate surface area is 75.8 Å². The van der Waals surface area contributed by atoms with Crippen molar-refractivity contribution in [3.8, 4) is 0 Å². The van der Waals surface area contributed by atoms with Crippen LogP contribution in [0, 0.1) is 0 Å². The number of azide groups is 1. The molecule has 0 spiro atoms. The molecular formula is C9H10FN3. The molecule has 68 valence electrons. The number of nitrogens with zero attached hydrogens (tertiary/aromatic N) is 3. The van der Waals surface area contributed by atoms with E-state index in [2.05, 4.69) is 10.0 Å².